The Hall–Kier alpha value is -2.42. The number of sulfone groups is 1. The molecule has 0 radical (unpaired) electrons. The number of halogens is 1. The summed E-state index contributed by atoms with van der Waals surface area (Å²) in [6, 6.07) is 12.8. The van der Waals surface area contributed by atoms with E-state index in [0.29, 0.717) is 30.5 Å². The van der Waals surface area contributed by atoms with Crippen molar-refractivity contribution in [2.75, 3.05) is 24.6 Å². The van der Waals surface area contributed by atoms with Gasteiger partial charge in [0.05, 0.1) is 36.2 Å². The van der Waals surface area contributed by atoms with Crippen molar-refractivity contribution in [3.8, 4) is 0 Å². The Morgan fingerprint density at radius 2 is 1.90 bits per heavy atom. The fourth-order valence-corrected chi connectivity index (χ4v) is 5.50. The zero-order valence-electron chi connectivity index (χ0n) is 16.6. The van der Waals surface area contributed by atoms with Crippen LogP contribution in [0.25, 0.3) is 5.52 Å². The van der Waals surface area contributed by atoms with E-state index in [-0.39, 0.29) is 23.5 Å². The normalized spacial score (nSPS) is 17.7. The van der Waals surface area contributed by atoms with Gasteiger partial charge in [0.1, 0.15) is 12.2 Å². The second kappa shape index (κ2) is 8.37. The molecule has 1 atom stereocenters. The van der Waals surface area contributed by atoms with Crippen molar-refractivity contribution in [2.24, 2.45) is 0 Å². The van der Waals surface area contributed by atoms with Crippen LogP contribution >= 0.6 is 11.6 Å². The molecule has 30 heavy (non-hydrogen) atoms. The lowest BCUT2D eigenvalue weighted by molar-refractivity contribution is -0.910. The summed E-state index contributed by atoms with van der Waals surface area (Å²) in [6.07, 6.45) is 1.82. The van der Waals surface area contributed by atoms with Crippen LogP contribution in [0.5, 0.6) is 0 Å². The standard InChI is InChI=1S/C21H23ClN4O3S/c1-15(16-6-2-3-7-17(16)22)23-21(27)20-24-18(19-8-4-5-9-26(19)20)14-25-10-12-30(28,29)13-11-25/h2-9,15H,10-14H2,1H3,(H,23,27)/p+1. The van der Waals surface area contributed by atoms with Crippen LogP contribution in [0, 0.1) is 0 Å². The number of pyridine rings is 1. The SMILES string of the molecule is CC(NC(=O)c1nc(C[NH+]2CCS(=O)(=O)CC2)c2ccccn12)c1ccccc1Cl. The van der Waals surface area contributed by atoms with Gasteiger partial charge in [-0.05, 0) is 30.7 Å². The molecule has 4 rings (SSSR count). The molecule has 1 aliphatic heterocycles. The molecule has 0 spiro atoms. The van der Waals surface area contributed by atoms with Crippen LogP contribution in [-0.4, -0.2) is 48.3 Å². The number of fused-ring (bicyclic) bond motifs is 1. The molecule has 2 N–H and O–H groups in total. The number of aromatic nitrogens is 2. The minimum absolute atomic E-state index is 0.191. The third kappa shape index (κ3) is 4.35. The Kier molecular flexibility index (Phi) is 5.81. The molecule has 0 saturated carbocycles. The Morgan fingerprint density at radius 1 is 1.20 bits per heavy atom. The van der Waals surface area contributed by atoms with Crippen molar-refractivity contribution >= 4 is 32.9 Å². The maximum atomic E-state index is 13.0. The smallest absolute Gasteiger partial charge is 0.288 e. The molecule has 1 amide bonds. The molecule has 9 heteroatoms. The summed E-state index contributed by atoms with van der Waals surface area (Å²) in [7, 11) is -2.92. The van der Waals surface area contributed by atoms with Gasteiger partial charge in [0.2, 0.25) is 5.82 Å². The van der Waals surface area contributed by atoms with Gasteiger partial charge in [0.25, 0.3) is 5.91 Å². The van der Waals surface area contributed by atoms with E-state index in [2.05, 4.69) is 10.3 Å². The quantitative estimate of drug-likeness (QED) is 0.617. The average molecular weight is 448 g/mol. The number of benzene rings is 1. The highest BCUT2D eigenvalue weighted by atomic mass is 35.5. The summed E-state index contributed by atoms with van der Waals surface area (Å²) in [5.74, 6) is 0.405. The topological polar surface area (TPSA) is 85.0 Å². The first kappa shape index (κ1) is 20.8. The molecule has 0 bridgehead atoms. The first-order valence-corrected chi connectivity index (χ1v) is 12.1. The number of imidazole rings is 1. The van der Waals surface area contributed by atoms with E-state index in [9.17, 15) is 13.2 Å². The molecule has 2 aromatic heterocycles. The predicted octanol–water partition coefficient (Wildman–Crippen LogP) is 1.29. The summed E-state index contributed by atoms with van der Waals surface area (Å²) < 4.78 is 25.2. The van der Waals surface area contributed by atoms with Gasteiger partial charge >= 0.3 is 0 Å². The fourth-order valence-electron chi connectivity index (χ4n) is 3.80. The van der Waals surface area contributed by atoms with E-state index < -0.39 is 9.84 Å². The van der Waals surface area contributed by atoms with Crippen molar-refractivity contribution in [1.82, 2.24) is 14.7 Å². The molecule has 1 unspecified atom stereocenters. The van der Waals surface area contributed by atoms with E-state index in [1.54, 1.807) is 10.5 Å². The third-order valence-corrected chi connectivity index (χ3v) is 7.49. The first-order valence-electron chi connectivity index (χ1n) is 9.89. The van der Waals surface area contributed by atoms with Gasteiger partial charge in [-0.1, -0.05) is 35.9 Å². The molecule has 3 heterocycles. The van der Waals surface area contributed by atoms with Crippen LogP contribution in [0.4, 0.5) is 0 Å². The monoisotopic (exact) mass is 447 g/mol. The Balaban J connectivity index is 1.57. The van der Waals surface area contributed by atoms with E-state index in [0.717, 1.165) is 21.7 Å². The van der Waals surface area contributed by atoms with Crippen molar-refractivity contribution in [1.29, 1.82) is 0 Å². The second-order valence-corrected chi connectivity index (χ2v) is 10.3. The van der Waals surface area contributed by atoms with Gasteiger partial charge in [-0.3, -0.25) is 9.20 Å². The van der Waals surface area contributed by atoms with Crippen LogP contribution in [0.3, 0.4) is 0 Å². The highest BCUT2D eigenvalue weighted by Crippen LogP contribution is 2.22. The number of nitrogens with zero attached hydrogens (tertiary/aromatic N) is 2. The van der Waals surface area contributed by atoms with Gasteiger partial charge in [-0.15, -0.1) is 0 Å². The second-order valence-electron chi connectivity index (χ2n) is 7.63. The van der Waals surface area contributed by atoms with E-state index >= 15 is 0 Å². The predicted molar refractivity (Wildman–Crippen MR) is 116 cm³/mol. The lowest BCUT2D eigenvalue weighted by Gasteiger charge is -2.22. The van der Waals surface area contributed by atoms with Gasteiger partial charge in [-0.25, -0.2) is 13.4 Å². The molecule has 0 aliphatic carbocycles. The van der Waals surface area contributed by atoms with Crippen molar-refractivity contribution < 1.29 is 18.1 Å². The minimum Gasteiger partial charge on any atom is -0.343 e. The fraction of sp³-hybridized carbons (Fsp3) is 0.333. The highest BCUT2D eigenvalue weighted by Gasteiger charge is 2.27. The number of carbonyl (C=O) groups is 1. The number of hydrogen-bond donors (Lipinski definition) is 2. The van der Waals surface area contributed by atoms with Crippen LogP contribution in [0.1, 0.15) is 34.8 Å². The summed E-state index contributed by atoms with van der Waals surface area (Å²) in [5.41, 5.74) is 2.49. The number of carbonyl (C=O) groups excluding carboxylic acids is 1. The first-order chi connectivity index (χ1) is 14.3. The zero-order valence-corrected chi connectivity index (χ0v) is 18.2. The number of nitrogens with one attached hydrogen (secondary N) is 2. The molecular formula is C21H24ClN4O3S+. The Labute approximate surface area is 180 Å². The maximum Gasteiger partial charge on any atom is 0.288 e. The molecule has 1 aliphatic rings. The molecule has 7 nitrogen and oxygen atoms in total. The highest BCUT2D eigenvalue weighted by molar-refractivity contribution is 7.91. The van der Waals surface area contributed by atoms with Gasteiger partial charge in [0, 0.05) is 11.2 Å². The molecule has 1 aromatic carbocycles. The number of rotatable bonds is 5. The maximum absolute atomic E-state index is 13.0. The number of quaternary nitrogens is 1. The molecule has 3 aromatic rings. The van der Waals surface area contributed by atoms with Crippen LogP contribution < -0.4 is 10.2 Å². The Bertz CT molecular complexity index is 1180. The summed E-state index contributed by atoms with van der Waals surface area (Å²) in [5, 5.41) is 3.58. The Morgan fingerprint density at radius 3 is 2.63 bits per heavy atom. The molecule has 158 valence electrons. The van der Waals surface area contributed by atoms with Crippen LogP contribution in [0.15, 0.2) is 48.7 Å². The molecule has 1 saturated heterocycles. The van der Waals surface area contributed by atoms with Crippen molar-refractivity contribution in [2.45, 2.75) is 19.5 Å². The summed E-state index contributed by atoms with van der Waals surface area (Å²) >= 11 is 6.26. The van der Waals surface area contributed by atoms with E-state index in [1.165, 1.54) is 0 Å². The summed E-state index contributed by atoms with van der Waals surface area (Å²) in [6.45, 7) is 3.57. The zero-order chi connectivity index (χ0) is 21.3. The number of hydrogen-bond acceptors (Lipinski definition) is 4. The van der Waals surface area contributed by atoms with E-state index in [1.807, 2.05) is 49.5 Å². The van der Waals surface area contributed by atoms with Gasteiger partial charge < -0.3 is 10.2 Å². The van der Waals surface area contributed by atoms with Gasteiger partial charge in [0.15, 0.2) is 9.84 Å². The number of amides is 1. The van der Waals surface area contributed by atoms with Crippen molar-refractivity contribution in [3.05, 3.63) is 70.8 Å². The summed E-state index contributed by atoms with van der Waals surface area (Å²) in [4.78, 5) is 18.8. The van der Waals surface area contributed by atoms with Crippen LogP contribution in [0.2, 0.25) is 5.02 Å². The van der Waals surface area contributed by atoms with Crippen LogP contribution in [-0.2, 0) is 16.4 Å². The lowest BCUT2D eigenvalue weighted by Crippen LogP contribution is -3.13. The van der Waals surface area contributed by atoms with Crippen molar-refractivity contribution in [3.63, 3.8) is 0 Å². The lowest BCUT2D eigenvalue weighted by atomic mass is 10.1. The average Bonchev–Trinajstić information content (AvgIpc) is 3.08. The molecule has 1 fully saturated rings. The largest absolute Gasteiger partial charge is 0.343 e. The third-order valence-electron chi connectivity index (χ3n) is 5.50. The minimum atomic E-state index is -2.92. The van der Waals surface area contributed by atoms with E-state index in [4.69, 9.17) is 11.6 Å². The molecular weight excluding hydrogens is 424 g/mol. The van der Waals surface area contributed by atoms with Gasteiger partial charge in [-0.2, -0.15) is 0 Å².